The van der Waals surface area contributed by atoms with Crippen molar-refractivity contribution in [3.63, 3.8) is 0 Å². The van der Waals surface area contributed by atoms with E-state index in [4.69, 9.17) is 14.2 Å². The van der Waals surface area contributed by atoms with Crippen LogP contribution in [0.3, 0.4) is 0 Å². The Morgan fingerprint density at radius 1 is 1.08 bits per heavy atom. The van der Waals surface area contributed by atoms with E-state index in [0.29, 0.717) is 25.9 Å². The summed E-state index contributed by atoms with van der Waals surface area (Å²) in [5.41, 5.74) is 0. The minimum atomic E-state index is -0.0955. The zero-order valence-electron chi connectivity index (χ0n) is 7.33. The molecule has 0 amide bonds. The first-order valence-electron chi connectivity index (χ1n) is 4.80. The smallest absolute Gasteiger partial charge is 0.181 e. The highest BCUT2D eigenvalue weighted by Gasteiger charge is 2.22. The van der Waals surface area contributed by atoms with Crippen LogP contribution in [0.4, 0.5) is 0 Å². The predicted molar refractivity (Wildman–Crippen MR) is 43.9 cm³/mol. The van der Waals surface area contributed by atoms with E-state index in [9.17, 15) is 0 Å². The van der Waals surface area contributed by atoms with E-state index in [-0.39, 0.29) is 6.29 Å². The summed E-state index contributed by atoms with van der Waals surface area (Å²) in [5, 5.41) is 0. The third kappa shape index (κ3) is 2.19. The minimum Gasteiger partial charge on any atom is -0.374 e. The lowest BCUT2D eigenvalue weighted by molar-refractivity contribution is -0.228. The van der Waals surface area contributed by atoms with Crippen LogP contribution in [0.5, 0.6) is 0 Å². The summed E-state index contributed by atoms with van der Waals surface area (Å²) in [4.78, 5) is 0. The van der Waals surface area contributed by atoms with Gasteiger partial charge in [-0.25, -0.2) is 0 Å². The van der Waals surface area contributed by atoms with Crippen LogP contribution in [0.1, 0.15) is 25.7 Å². The average Bonchev–Trinajstić information content (AvgIpc) is 2.59. The largest absolute Gasteiger partial charge is 0.374 e. The Labute approximate surface area is 73.0 Å². The quantitative estimate of drug-likeness (QED) is 0.628. The van der Waals surface area contributed by atoms with Crippen LogP contribution < -0.4 is 0 Å². The van der Waals surface area contributed by atoms with Crippen LogP contribution >= 0.6 is 0 Å². The maximum absolute atomic E-state index is 5.70. The zero-order valence-corrected chi connectivity index (χ0v) is 7.33. The van der Waals surface area contributed by atoms with E-state index < -0.39 is 0 Å². The van der Waals surface area contributed by atoms with E-state index in [2.05, 4.69) is 0 Å². The standard InChI is InChI=1S/C9H16O3/c1-2-4-8(3-1)12-9-7-10-5-6-11-9/h8-9H,1-7H2. The molecular weight excluding hydrogens is 156 g/mol. The average molecular weight is 172 g/mol. The summed E-state index contributed by atoms with van der Waals surface area (Å²) in [5.74, 6) is 0. The fourth-order valence-corrected chi connectivity index (χ4v) is 1.78. The van der Waals surface area contributed by atoms with Gasteiger partial charge in [0.25, 0.3) is 0 Å². The van der Waals surface area contributed by atoms with Crippen molar-refractivity contribution >= 4 is 0 Å². The molecule has 2 aliphatic rings. The van der Waals surface area contributed by atoms with Crippen molar-refractivity contribution in [1.29, 1.82) is 0 Å². The Balaban J connectivity index is 1.69. The lowest BCUT2D eigenvalue weighted by Crippen LogP contribution is -2.33. The molecule has 2 rings (SSSR count). The van der Waals surface area contributed by atoms with Crippen molar-refractivity contribution in [2.24, 2.45) is 0 Å². The fraction of sp³-hybridized carbons (Fsp3) is 1.00. The normalized spacial score (nSPS) is 32.5. The van der Waals surface area contributed by atoms with E-state index in [1.54, 1.807) is 0 Å². The molecule has 1 saturated carbocycles. The Morgan fingerprint density at radius 3 is 2.58 bits per heavy atom. The lowest BCUT2D eigenvalue weighted by atomic mass is 10.3. The molecule has 0 radical (unpaired) electrons. The molecule has 2 fully saturated rings. The topological polar surface area (TPSA) is 27.7 Å². The highest BCUT2D eigenvalue weighted by atomic mass is 16.7. The van der Waals surface area contributed by atoms with Crippen molar-refractivity contribution in [3.8, 4) is 0 Å². The third-order valence-electron chi connectivity index (χ3n) is 2.43. The zero-order chi connectivity index (χ0) is 8.23. The molecule has 12 heavy (non-hydrogen) atoms. The predicted octanol–water partition coefficient (Wildman–Crippen LogP) is 1.32. The van der Waals surface area contributed by atoms with Crippen LogP contribution in [-0.2, 0) is 14.2 Å². The first-order valence-corrected chi connectivity index (χ1v) is 4.80. The van der Waals surface area contributed by atoms with Gasteiger partial charge in [0.1, 0.15) is 0 Å². The van der Waals surface area contributed by atoms with Crippen LogP contribution in [0, 0.1) is 0 Å². The van der Waals surface area contributed by atoms with Crippen LogP contribution in [0.2, 0.25) is 0 Å². The van der Waals surface area contributed by atoms with Gasteiger partial charge in [-0.05, 0) is 12.8 Å². The van der Waals surface area contributed by atoms with Crippen LogP contribution in [-0.4, -0.2) is 32.2 Å². The highest BCUT2D eigenvalue weighted by Crippen LogP contribution is 2.22. The molecule has 1 aliphatic carbocycles. The molecule has 1 aliphatic heterocycles. The van der Waals surface area contributed by atoms with Gasteiger partial charge < -0.3 is 14.2 Å². The SMILES string of the molecule is C1CCC(OC2COCCO2)C1. The molecule has 1 unspecified atom stereocenters. The van der Waals surface area contributed by atoms with Gasteiger partial charge in [0.05, 0.1) is 25.9 Å². The first-order chi connectivity index (χ1) is 5.95. The van der Waals surface area contributed by atoms with E-state index in [1.807, 2.05) is 0 Å². The molecule has 0 spiro atoms. The molecule has 0 aromatic rings. The first kappa shape index (κ1) is 8.48. The summed E-state index contributed by atoms with van der Waals surface area (Å²) in [6.45, 7) is 2.00. The molecule has 0 aromatic heterocycles. The maximum Gasteiger partial charge on any atom is 0.181 e. The number of hydrogen-bond acceptors (Lipinski definition) is 3. The highest BCUT2D eigenvalue weighted by molar-refractivity contribution is 4.67. The maximum atomic E-state index is 5.70. The van der Waals surface area contributed by atoms with E-state index in [0.717, 1.165) is 0 Å². The van der Waals surface area contributed by atoms with Crippen molar-refractivity contribution in [2.45, 2.75) is 38.1 Å². The summed E-state index contributed by atoms with van der Waals surface area (Å²) in [7, 11) is 0. The lowest BCUT2D eigenvalue weighted by Gasteiger charge is -2.25. The molecule has 0 aromatic carbocycles. The number of ether oxygens (including phenoxy) is 3. The molecule has 0 N–H and O–H groups in total. The Kier molecular flexibility index (Phi) is 2.98. The van der Waals surface area contributed by atoms with Gasteiger partial charge in [0.2, 0.25) is 0 Å². The summed E-state index contributed by atoms with van der Waals surface area (Å²) < 4.78 is 16.3. The van der Waals surface area contributed by atoms with Gasteiger partial charge in [-0.3, -0.25) is 0 Å². The molecule has 3 nitrogen and oxygen atoms in total. The molecule has 1 saturated heterocycles. The van der Waals surface area contributed by atoms with Gasteiger partial charge in [0.15, 0.2) is 6.29 Å². The summed E-state index contributed by atoms with van der Waals surface area (Å²) >= 11 is 0. The molecular formula is C9H16O3. The second kappa shape index (κ2) is 4.21. The van der Waals surface area contributed by atoms with Crippen molar-refractivity contribution in [1.82, 2.24) is 0 Å². The Morgan fingerprint density at radius 2 is 1.92 bits per heavy atom. The molecule has 1 atom stereocenters. The molecule has 1 heterocycles. The monoisotopic (exact) mass is 172 g/mol. The van der Waals surface area contributed by atoms with Crippen LogP contribution in [0.15, 0.2) is 0 Å². The van der Waals surface area contributed by atoms with Gasteiger partial charge in [-0.1, -0.05) is 12.8 Å². The second-order valence-corrected chi connectivity index (χ2v) is 3.42. The fourth-order valence-electron chi connectivity index (χ4n) is 1.78. The van der Waals surface area contributed by atoms with Gasteiger partial charge >= 0.3 is 0 Å². The van der Waals surface area contributed by atoms with Gasteiger partial charge in [-0.15, -0.1) is 0 Å². The van der Waals surface area contributed by atoms with Gasteiger partial charge in [-0.2, -0.15) is 0 Å². The van der Waals surface area contributed by atoms with Gasteiger partial charge in [0, 0.05) is 0 Å². The van der Waals surface area contributed by atoms with Crippen LogP contribution in [0.25, 0.3) is 0 Å². The minimum absolute atomic E-state index is 0.0955. The second-order valence-electron chi connectivity index (χ2n) is 3.42. The summed E-state index contributed by atoms with van der Waals surface area (Å²) in [6, 6.07) is 0. The molecule has 0 bridgehead atoms. The Bertz CT molecular complexity index is 126. The summed E-state index contributed by atoms with van der Waals surface area (Å²) in [6.07, 6.45) is 5.33. The van der Waals surface area contributed by atoms with E-state index >= 15 is 0 Å². The Hall–Kier alpha value is -0.120. The van der Waals surface area contributed by atoms with Crippen molar-refractivity contribution < 1.29 is 14.2 Å². The van der Waals surface area contributed by atoms with Crippen molar-refractivity contribution in [2.75, 3.05) is 19.8 Å². The third-order valence-corrected chi connectivity index (χ3v) is 2.43. The number of rotatable bonds is 2. The molecule has 3 heteroatoms. The molecule has 70 valence electrons. The van der Waals surface area contributed by atoms with Crippen molar-refractivity contribution in [3.05, 3.63) is 0 Å². The van der Waals surface area contributed by atoms with E-state index in [1.165, 1.54) is 25.7 Å². The number of hydrogen-bond donors (Lipinski definition) is 0.